The van der Waals surface area contributed by atoms with Crippen LogP contribution >= 0.6 is 0 Å². The number of rotatable bonds is 14. The first-order valence-electron chi connectivity index (χ1n) is 19.0. The Hall–Kier alpha value is -6.04. The lowest BCUT2D eigenvalue weighted by Crippen LogP contribution is -2.42. The van der Waals surface area contributed by atoms with Gasteiger partial charge in [-0.25, -0.2) is 4.98 Å². The normalized spacial score (nSPS) is 15.9. The van der Waals surface area contributed by atoms with Crippen LogP contribution in [0.15, 0.2) is 118 Å². The number of aliphatic hydroxyl groups is 1. The minimum absolute atomic E-state index is 0.0975. The van der Waals surface area contributed by atoms with Crippen LogP contribution in [0.1, 0.15) is 54.5 Å². The Morgan fingerprint density at radius 3 is 2.09 bits per heavy atom. The summed E-state index contributed by atoms with van der Waals surface area (Å²) in [7, 11) is 3.24. The van der Waals surface area contributed by atoms with Crippen LogP contribution in [0.4, 0.5) is 0 Å². The molecule has 0 saturated carbocycles. The summed E-state index contributed by atoms with van der Waals surface area (Å²) in [5.74, 6) is 0.602. The number of benzene rings is 5. The lowest BCUT2D eigenvalue weighted by molar-refractivity contribution is -0.146. The molecule has 0 aromatic heterocycles. The molecule has 7 rings (SSSR count). The van der Waals surface area contributed by atoms with E-state index in [-0.39, 0.29) is 37.3 Å². The van der Waals surface area contributed by atoms with Crippen LogP contribution in [0, 0.1) is 5.41 Å². The van der Waals surface area contributed by atoms with Crippen LogP contribution in [0.5, 0.6) is 11.5 Å². The van der Waals surface area contributed by atoms with E-state index in [9.17, 15) is 24.6 Å². The van der Waals surface area contributed by atoms with Crippen molar-refractivity contribution in [2.75, 3.05) is 27.4 Å². The number of carbonyl (C=O) groups excluding carboxylic acids is 1. The number of carboxylic acid groups (broad SMARTS) is 1. The van der Waals surface area contributed by atoms with Gasteiger partial charge in [0.1, 0.15) is 28.3 Å². The third-order valence-corrected chi connectivity index (χ3v) is 10.9. The van der Waals surface area contributed by atoms with Gasteiger partial charge < -0.3 is 33.7 Å². The standard InChI is InChI=1S/C46H46N2O9/c1-45(2,44(52)53)26-30-23-41-40(47-39-20-15-35(49)25-42(39)57-41)22-29(30)10-21-43(51)48-27-36(50)24-34(48)28-56-46(31-8-6-5-7-9-31,32-11-16-37(54-3)17-12-32)33-13-18-38(55-4)19-14-33/h5-9,11-20,22-23,25,34,36,50H,10,21,24,26-28H2,1-4H3,(H,52,53)/t34-,36+/m0/s1. The molecule has 0 spiro atoms. The predicted molar refractivity (Wildman–Crippen MR) is 215 cm³/mol. The van der Waals surface area contributed by atoms with Gasteiger partial charge in [0.05, 0.1) is 38.4 Å². The zero-order valence-corrected chi connectivity index (χ0v) is 32.4. The molecule has 1 fully saturated rings. The summed E-state index contributed by atoms with van der Waals surface area (Å²) in [6, 6.07) is 32.9. The zero-order valence-electron chi connectivity index (χ0n) is 32.4. The second-order valence-corrected chi connectivity index (χ2v) is 15.2. The molecule has 2 atom stereocenters. The first-order chi connectivity index (χ1) is 27.4. The largest absolute Gasteiger partial charge is 0.497 e. The lowest BCUT2D eigenvalue weighted by Gasteiger charge is -2.38. The first-order valence-corrected chi connectivity index (χ1v) is 19.0. The number of amides is 1. The maximum atomic E-state index is 14.2. The van der Waals surface area contributed by atoms with E-state index in [0.29, 0.717) is 52.5 Å². The fraction of sp³-hybridized carbons (Fsp3) is 0.304. The molecular weight excluding hydrogens is 725 g/mol. The van der Waals surface area contributed by atoms with Crippen molar-refractivity contribution in [2.45, 2.75) is 57.3 Å². The molecule has 2 heterocycles. The van der Waals surface area contributed by atoms with Crippen LogP contribution < -0.4 is 14.9 Å². The lowest BCUT2D eigenvalue weighted by atomic mass is 9.80. The van der Waals surface area contributed by atoms with Gasteiger partial charge in [0, 0.05) is 19.0 Å². The summed E-state index contributed by atoms with van der Waals surface area (Å²) >= 11 is 0. The number of aliphatic hydroxyl groups excluding tert-OH is 1. The number of ether oxygens (including phenoxy) is 3. The molecule has 4 aromatic carbocycles. The highest BCUT2D eigenvalue weighted by Crippen LogP contribution is 2.42. The summed E-state index contributed by atoms with van der Waals surface area (Å²) in [4.78, 5) is 44.8. The van der Waals surface area contributed by atoms with Gasteiger partial charge in [-0.1, -0.05) is 54.6 Å². The number of fused-ring (bicyclic) bond motifs is 2. The maximum Gasteiger partial charge on any atom is 0.309 e. The van der Waals surface area contributed by atoms with E-state index < -0.39 is 29.1 Å². The number of aliphatic carboxylic acids is 1. The third kappa shape index (κ3) is 8.12. The third-order valence-electron chi connectivity index (χ3n) is 10.9. The van der Waals surface area contributed by atoms with Gasteiger partial charge in [0.15, 0.2) is 16.8 Å². The summed E-state index contributed by atoms with van der Waals surface area (Å²) in [5, 5.41) is 21.0. The van der Waals surface area contributed by atoms with E-state index >= 15 is 0 Å². The van der Waals surface area contributed by atoms with E-state index in [0.717, 1.165) is 22.3 Å². The van der Waals surface area contributed by atoms with Gasteiger partial charge >= 0.3 is 5.97 Å². The fourth-order valence-corrected chi connectivity index (χ4v) is 7.72. The van der Waals surface area contributed by atoms with Crippen molar-refractivity contribution >= 4 is 23.0 Å². The smallest absolute Gasteiger partial charge is 0.309 e. The Kier molecular flexibility index (Phi) is 11.1. The molecule has 294 valence electrons. The molecule has 1 amide bonds. The second-order valence-electron chi connectivity index (χ2n) is 15.2. The molecule has 0 bridgehead atoms. The molecule has 1 saturated heterocycles. The summed E-state index contributed by atoms with van der Waals surface area (Å²) in [6.07, 6.45) is 0.163. The molecule has 0 radical (unpaired) electrons. The van der Waals surface area contributed by atoms with Crippen molar-refractivity contribution in [1.82, 2.24) is 9.88 Å². The van der Waals surface area contributed by atoms with Gasteiger partial charge in [0.25, 0.3) is 0 Å². The first kappa shape index (κ1) is 39.2. The highest BCUT2D eigenvalue weighted by atomic mass is 16.5. The summed E-state index contributed by atoms with van der Waals surface area (Å²) in [5.41, 5.74) is 3.08. The average molecular weight is 771 g/mol. The topological polar surface area (TPSA) is 149 Å². The van der Waals surface area contributed by atoms with Crippen LogP contribution in [-0.2, 0) is 32.8 Å². The van der Waals surface area contributed by atoms with Crippen LogP contribution in [0.25, 0.3) is 22.6 Å². The Labute approximate surface area is 330 Å². The van der Waals surface area contributed by atoms with Crippen molar-refractivity contribution in [3.05, 3.63) is 147 Å². The molecule has 57 heavy (non-hydrogen) atoms. The molecule has 3 aliphatic rings. The van der Waals surface area contributed by atoms with Gasteiger partial charge in [-0.15, -0.1) is 0 Å². The average Bonchev–Trinajstić information content (AvgIpc) is 3.60. The van der Waals surface area contributed by atoms with Crippen molar-refractivity contribution in [3.63, 3.8) is 0 Å². The van der Waals surface area contributed by atoms with E-state index in [2.05, 4.69) is 0 Å². The van der Waals surface area contributed by atoms with Crippen molar-refractivity contribution in [2.24, 2.45) is 5.41 Å². The summed E-state index contributed by atoms with van der Waals surface area (Å²) in [6.45, 7) is 3.57. The van der Waals surface area contributed by atoms with Crippen LogP contribution in [-0.4, -0.2) is 71.5 Å². The number of carbonyl (C=O) groups is 2. The quantitative estimate of drug-likeness (QED) is 0.0889. The number of nitrogens with zero attached hydrogens (tertiary/aromatic N) is 2. The Balaban J connectivity index is 1.19. The highest BCUT2D eigenvalue weighted by molar-refractivity contribution is 5.81. The Morgan fingerprint density at radius 1 is 0.842 bits per heavy atom. The molecule has 1 aliphatic carbocycles. The van der Waals surface area contributed by atoms with E-state index in [1.807, 2.05) is 84.9 Å². The number of likely N-dealkylation sites (tertiary alicyclic amines) is 1. The monoisotopic (exact) mass is 770 g/mol. The van der Waals surface area contributed by atoms with Crippen molar-refractivity contribution < 1.29 is 38.4 Å². The van der Waals surface area contributed by atoms with Crippen molar-refractivity contribution in [1.29, 1.82) is 0 Å². The van der Waals surface area contributed by atoms with E-state index in [1.165, 1.54) is 12.1 Å². The Morgan fingerprint density at radius 2 is 1.47 bits per heavy atom. The van der Waals surface area contributed by atoms with Gasteiger partial charge in [0.2, 0.25) is 5.91 Å². The highest BCUT2D eigenvalue weighted by Gasteiger charge is 2.41. The molecule has 0 unspecified atom stereocenters. The zero-order chi connectivity index (χ0) is 40.3. The van der Waals surface area contributed by atoms with E-state index in [4.69, 9.17) is 23.6 Å². The van der Waals surface area contributed by atoms with Gasteiger partial charge in [-0.05, 0) is 109 Å². The van der Waals surface area contributed by atoms with E-state index in [1.54, 1.807) is 45.1 Å². The minimum Gasteiger partial charge on any atom is -0.497 e. The fourth-order valence-electron chi connectivity index (χ4n) is 7.72. The molecule has 4 aromatic rings. The number of aryl methyl sites for hydroxylation is 1. The van der Waals surface area contributed by atoms with Gasteiger partial charge in [-0.2, -0.15) is 0 Å². The molecule has 2 N–H and O–H groups in total. The number of β-amino-alcohol motifs (C(OH)–C–C–N with tert-alkyl or cyclic N) is 1. The minimum atomic E-state index is -1.11. The van der Waals surface area contributed by atoms with Crippen LogP contribution in [0.2, 0.25) is 0 Å². The van der Waals surface area contributed by atoms with Gasteiger partial charge in [-0.3, -0.25) is 14.4 Å². The predicted octanol–water partition coefficient (Wildman–Crippen LogP) is 6.87. The number of methoxy groups -OCH3 is 2. The maximum absolute atomic E-state index is 14.2. The van der Waals surface area contributed by atoms with Crippen molar-refractivity contribution in [3.8, 4) is 23.0 Å². The molecule has 2 aliphatic heterocycles. The Bertz CT molecular complexity index is 2340. The number of carboxylic acids is 1. The second kappa shape index (κ2) is 16.2. The number of aromatic nitrogens is 1. The number of hydrogen-bond donors (Lipinski definition) is 2. The molecule has 11 heteroatoms. The summed E-state index contributed by atoms with van der Waals surface area (Å²) < 4.78 is 24.1. The number of hydrogen-bond acceptors (Lipinski definition) is 9. The molecular formula is C46H46N2O9. The molecule has 11 nitrogen and oxygen atoms in total. The van der Waals surface area contributed by atoms with Crippen LogP contribution in [0.3, 0.4) is 0 Å². The SMILES string of the molecule is COc1ccc(C(OC[C@@H]2C[C@@H](O)CN2C(=O)CCc2cc3nc4ccc(=O)cc-4oc3cc2CC(C)(C)C(=O)O)(c2ccccc2)c2ccc(OC)cc2)cc1.